The minimum Gasteiger partial charge on any atom is -0.307 e. The largest absolute Gasteiger partial charge is 0.307 e. The van der Waals surface area contributed by atoms with Crippen LogP contribution in [0.1, 0.15) is 27.9 Å². The van der Waals surface area contributed by atoms with Gasteiger partial charge in [-0.1, -0.05) is 12.1 Å². The minimum atomic E-state index is -0.0722. The number of carbonyl (C=O) groups excluding carboxylic acids is 1. The molecule has 1 amide bonds. The van der Waals surface area contributed by atoms with Crippen molar-refractivity contribution >= 4 is 34.2 Å². The average molecular weight is 404 g/mol. The molecule has 0 aliphatic heterocycles. The van der Waals surface area contributed by atoms with Gasteiger partial charge in [-0.2, -0.15) is 5.26 Å². The number of amides is 1. The fourth-order valence-electron chi connectivity index (χ4n) is 2.18. The highest BCUT2D eigenvalue weighted by atomic mass is 127. The summed E-state index contributed by atoms with van der Waals surface area (Å²) in [6, 6.07) is 15.6. The fourth-order valence-corrected chi connectivity index (χ4v) is 2.72. The highest BCUT2D eigenvalue weighted by Gasteiger charge is 2.18. The zero-order valence-corrected chi connectivity index (χ0v) is 14.8. The van der Waals surface area contributed by atoms with Gasteiger partial charge >= 0.3 is 0 Å². The number of carbonyl (C=O) groups is 1. The van der Waals surface area contributed by atoms with Gasteiger partial charge in [0.25, 0.3) is 5.91 Å². The van der Waals surface area contributed by atoms with Gasteiger partial charge in [0.2, 0.25) is 0 Å². The lowest BCUT2D eigenvalue weighted by molar-refractivity contribution is 0.0987. The molecule has 0 bridgehead atoms. The van der Waals surface area contributed by atoms with Crippen molar-refractivity contribution in [1.82, 2.24) is 0 Å². The van der Waals surface area contributed by atoms with Crippen LogP contribution >= 0.6 is 22.6 Å². The predicted octanol–water partition coefficient (Wildman–Crippen LogP) is 4.47. The maximum atomic E-state index is 12.8. The summed E-state index contributed by atoms with van der Waals surface area (Å²) >= 11 is 2.19. The molecule has 0 aliphatic carbocycles. The Morgan fingerprint density at radius 3 is 2.59 bits per heavy atom. The molecule has 4 heteroatoms. The standard InChI is InChI=1S/C18H17IN2O/c1-13-7-8-17(11-14(13)2)21(10-4-9-20)18(22)15-5-3-6-16(19)12-15/h3,5-8,11-12H,4,10H2,1-2H3. The van der Waals surface area contributed by atoms with Crippen LogP contribution in [0.4, 0.5) is 5.69 Å². The van der Waals surface area contributed by atoms with E-state index in [1.165, 1.54) is 5.56 Å². The number of halogens is 1. The first-order valence-electron chi connectivity index (χ1n) is 7.04. The highest BCUT2D eigenvalue weighted by molar-refractivity contribution is 14.1. The first-order valence-corrected chi connectivity index (χ1v) is 8.12. The molecule has 3 nitrogen and oxygen atoms in total. The molecule has 0 atom stereocenters. The predicted molar refractivity (Wildman–Crippen MR) is 97.0 cm³/mol. The number of benzene rings is 2. The molecule has 0 saturated heterocycles. The van der Waals surface area contributed by atoms with Crippen LogP contribution in [-0.2, 0) is 0 Å². The number of hydrogen-bond donors (Lipinski definition) is 0. The molecule has 0 saturated carbocycles. The summed E-state index contributed by atoms with van der Waals surface area (Å²) < 4.78 is 1.02. The topological polar surface area (TPSA) is 44.1 Å². The molecule has 0 aromatic heterocycles. The molecule has 0 aliphatic rings. The van der Waals surface area contributed by atoms with Crippen LogP contribution in [0.15, 0.2) is 42.5 Å². The second kappa shape index (κ2) is 7.41. The average Bonchev–Trinajstić information content (AvgIpc) is 2.51. The van der Waals surface area contributed by atoms with Crippen LogP contribution in [0, 0.1) is 28.7 Å². The number of anilines is 1. The van der Waals surface area contributed by atoms with Gasteiger partial charge < -0.3 is 4.90 Å². The SMILES string of the molecule is Cc1ccc(N(CCC#N)C(=O)c2cccc(I)c2)cc1C. The molecule has 112 valence electrons. The zero-order chi connectivity index (χ0) is 16.1. The molecule has 0 radical (unpaired) electrons. The molecule has 2 rings (SSSR count). The molecule has 0 spiro atoms. The van der Waals surface area contributed by atoms with Crippen LogP contribution < -0.4 is 4.90 Å². The lowest BCUT2D eigenvalue weighted by Crippen LogP contribution is -2.32. The van der Waals surface area contributed by atoms with E-state index >= 15 is 0 Å². The van der Waals surface area contributed by atoms with Crippen molar-refractivity contribution < 1.29 is 4.79 Å². The number of hydrogen-bond acceptors (Lipinski definition) is 2. The maximum Gasteiger partial charge on any atom is 0.258 e. The molecule has 22 heavy (non-hydrogen) atoms. The first kappa shape index (κ1) is 16.5. The van der Waals surface area contributed by atoms with Crippen LogP contribution in [0.2, 0.25) is 0 Å². The third kappa shape index (κ3) is 3.86. The van der Waals surface area contributed by atoms with E-state index in [4.69, 9.17) is 5.26 Å². The van der Waals surface area contributed by atoms with Crippen LogP contribution in [0.3, 0.4) is 0 Å². The zero-order valence-electron chi connectivity index (χ0n) is 12.6. The van der Waals surface area contributed by atoms with E-state index in [0.717, 1.165) is 14.8 Å². The number of rotatable bonds is 4. The van der Waals surface area contributed by atoms with Gasteiger partial charge in [0.1, 0.15) is 0 Å². The molecule has 0 heterocycles. The van der Waals surface area contributed by atoms with Gasteiger partial charge in [0, 0.05) is 21.4 Å². The van der Waals surface area contributed by atoms with Gasteiger partial charge in [0.05, 0.1) is 12.5 Å². The van der Waals surface area contributed by atoms with Gasteiger partial charge in [0.15, 0.2) is 0 Å². The Hall–Kier alpha value is -1.87. The molecule has 0 unspecified atom stereocenters. The summed E-state index contributed by atoms with van der Waals surface area (Å²) in [5.74, 6) is -0.0722. The number of nitriles is 1. The fraction of sp³-hybridized carbons (Fsp3) is 0.222. The van der Waals surface area contributed by atoms with Crippen molar-refractivity contribution in [2.24, 2.45) is 0 Å². The smallest absolute Gasteiger partial charge is 0.258 e. The molecule has 0 fully saturated rings. The summed E-state index contributed by atoms with van der Waals surface area (Å²) in [4.78, 5) is 14.5. The van der Waals surface area contributed by atoms with Crippen molar-refractivity contribution in [3.8, 4) is 6.07 Å². The first-order chi connectivity index (χ1) is 10.5. The van der Waals surface area contributed by atoms with E-state index in [1.54, 1.807) is 4.90 Å². The maximum absolute atomic E-state index is 12.8. The Morgan fingerprint density at radius 2 is 1.95 bits per heavy atom. The molecule has 2 aromatic rings. The molecule has 2 aromatic carbocycles. The monoisotopic (exact) mass is 404 g/mol. The van der Waals surface area contributed by atoms with Crippen LogP contribution in [0.25, 0.3) is 0 Å². The van der Waals surface area contributed by atoms with Crippen molar-refractivity contribution in [3.05, 3.63) is 62.7 Å². The van der Waals surface area contributed by atoms with E-state index in [1.807, 2.05) is 56.3 Å². The number of nitrogens with zero attached hydrogens (tertiary/aromatic N) is 2. The van der Waals surface area contributed by atoms with E-state index < -0.39 is 0 Å². The van der Waals surface area contributed by atoms with Crippen molar-refractivity contribution in [1.29, 1.82) is 5.26 Å². The Kier molecular flexibility index (Phi) is 5.56. The van der Waals surface area contributed by atoms with Gasteiger partial charge in [-0.3, -0.25) is 4.79 Å². The molecule has 0 N–H and O–H groups in total. The lowest BCUT2D eigenvalue weighted by Gasteiger charge is -2.23. The summed E-state index contributed by atoms with van der Waals surface area (Å²) in [5, 5.41) is 8.87. The summed E-state index contributed by atoms with van der Waals surface area (Å²) in [6.45, 7) is 4.46. The van der Waals surface area contributed by atoms with Crippen LogP contribution in [-0.4, -0.2) is 12.5 Å². The van der Waals surface area contributed by atoms with Crippen molar-refractivity contribution in [3.63, 3.8) is 0 Å². The van der Waals surface area contributed by atoms with Gasteiger partial charge in [-0.05, 0) is 77.9 Å². The van der Waals surface area contributed by atoms with Crippen molar-refractivity contribution in [2.75, 3.05) is 11.4 Å². The quantitative estimate of drug-likeness (QED) is 0.706. The van der Waals surface area contributed by atoms with E-state index in [0.29, 0.717) is 18.5 Å². The molecular formula is C18H17IN2O. The minimum absolute atomic E-state index is 0.0722. The van der Waals surface area contributed by atoms with E-state index in [-0.39, 0.29) is 5.91 Å². The van der Waals surface area contributed by atoms with Crippen LogP contribution in [0.5, 0.6) is 0 Å². The third-order valence-electron chi connectivity index (χ3n) is 3.57. The Labute approximate surface area is 144 Å². The number of aryl methyl sites for hydroxylation is 2. The van der Waals surface area contributed by atoms with E-state index in [9.17, 15) is 4.79 Å². The Bertz CT molecular complexity index is 734. The Morgan fingerprint density at radius 1 is 1.18 bits per heavy atom. The lowest BCUT2D eigenvalue weighted by atomic mass is 10.1. The normalized spacial score (nSPS) is 10.1. The summed E-state index contributed by atoms with van der Waals surface area (Å²) in [7, 11) is 0. The second-order valence-electron chi connectivity index (χ2n) is 5.14. The van der Waals surface area contributed by atoms with E-state index in [2.05, 4.69) is 28.7 Å². The van der Waals surface area contributed by atoms with Crippen molar-refractivity contribution in [2.45, 2.75) is 20.3 Å². The molecular weight excluding hydrogens is 387 g/mol. The Balaban J connectivity index is 2.39. The third-order valence-corrected chi connectivity index (χ3v) is 4.24. The summed E-state index contributed by atoms with van der Waals surface area (Å²) in [6.07, 6.45) is 0.308. The second-order valence-corrected chi connectivity index (χ2v) is 6.39. The summed E-state index contributed by atoms with van der Waals surface area (Å²) in [5.41, 5.74) is 3.80. The van der Waals surface area contributed by atoms with Gasteiger partial charge in [-0.15, -0.1) is 0 Å². The highest BCUT2D eigenvalue weighted by Crippen LogP contribution is 2.22. The van der Waals surface area contributed by atoms with Gasteiger partial charge in [-0.25, -0.2) is 0 Å².